The van der Waals surface area contributed by atoms with Gasteiger partial charge in [-0.15, -0.1) is 0 Å². The first-order valence-electron chi connectivity index (χ1n) is 9.51. The molecule has 1 aromatic carbocycles. The Balaban J connectivity index is 1.84. The maximum Gasteiger partial charge on any atom is 0.256 e. The summed E-state index contributed by atoms with van der Waals surface area (Å²) >= 11 is 0. The Hall–Kier alpha value is -2.96. The van der Waals surface area contributed by atoms with Crippen LogP contribution in [-0.2, 0) is 4.79 Å². The van der Waals surface area contributed by atoms with Crippen molar-refractivity contribution in [1.82, 2.24) is 9.47 Å². The molecule has 2 amide bonds. The molecular formula is C21H27N3O4. The Morgan fingerprint density at radius 2 is 1.68 bits per heavy atom. The van der Waals surface area contributed by atoms with E-state index in [1.165, 1.54) is 14.2 Å². The Labute approximate surface area is 165 Å². The van der Waals surface area contributed by atoms with Gasteiger partial charge in [-0.05, 0) is 38.0 Å². The normalized spacial score (nSPS) is 14.6. The van der Waals surface area contributed by atoms with Crippen LogP contribution in [-0.4, -0.2) is 48.6 Å². The van der Waals surface area contributed by atoms with Crippen LogP contribution < -0.4 is 14.8 Å². The van der Waals surface area contributed by atoms with Gasteiger partial charge in [-0.1, -0.05) is 0 Å². The van der Waals surface area contributed by atoms with E-state index >= 15 is 0 Å². The van der Waals surface area contributed by atoms with E-state index in [-0.39, 0.29) is 17.9 Å². The van der Waals surface area contributed by atoms with Gasteiger partial charge < -0.3 is 24.3 Å². The van der Waals surface area contributed by atoms with Crippen molar-refractivity contribution < 1.29 is 19.1 Å². The van der Waals surface area contributed by atoms with Crippen molar-refractivity contribution >= 4 is 17.5 Å². The van der Waals surface area contributed by atoms with Gasteiger partial charge in [0.1, 0.15) is 0 Å². The molecule has 1 fully saturated rings. The molecule has 7 heteroatoms. The molecule has 0 bridgehead atoms. The van der Waals surface area contributed by atoms with Gasteiger partial charge in [-0.2, -0.15) is 0 Å². The summed E-state index contributed by atoms with van der Waals surface area (Å²) in [6, 6.07) is 7.16. The first-order valence-corrected chi connectivity index (χ1v) is 9.51. The fourth-order valence-electron chi connectivity index (χ4n) is 3.47. The second-order valence-electron chi connectivity index (χ2n) is 6.98. The summed E-state index contributed by atoms with van der Waals surface area (Å²) in [6.45, 7) is 3.43. The van der Waals surface area contributed by atoms with Crippen LogP contribution in [0.1, 0.15) is 42.6 Å². The topological polar surface area (TPSA) is 72.8 Å². The first-order chi connectivity index (χ1) is 13.5. The Morgan fingerprint density at radius 1 is 1.07 bits per heavy atom. The molecule has 0 saturated carbocycles. The molecule has 28 heavy (non-hydrogen) atoms. The average molecular weight is 385 g/mol. The molecule has 1 aromatic heterocycles. The molecule has 1 N–H and O–H groups in total. The van der Waals surface area contributed by atoms with Gasteiger partial charge in [0.05, 0.1) is 25.5 Å². The molecule has 1 unspecified atom stereocenters. The van der Waals surface area contributed by atoms with E-state index < -0.39 is 0 Å². The molecule has 3 rings (SSSR count). The summed E-state index contributed by atoms with van der Waals surface area (Å²) in [5.74, 6) is 0.661. The smallest absolute Gasteiger partial charge is 0.256 e. The molecule has 1 saturated heterocycles. The van der Waals surface area contributed by atoms with Crippen LogP contribution in [0.2, 0.25) is 0 Å². The Morgan fingerprint density at radius 3 is 2.29 bits per heavy atom. The lowest BCUT2D eigenvalue weighted by atomic mass is 10.1. The van der Waals surface area contributed by atoms with Crippen LogP contribution in [0.25, 0.3) is 0 Å². The average Bonchev–Trinajstić information content (AvgIpc) is 3.40. The fourth-order valence-corrected chi connectivity index (χ4v) is 3.47. The highest BCUT2D eigenvalue weighted by atomic mass is 16.5. The third-order valence-corrected chi connectivity index (χ3v) is 5.04. The van der Waals surface area contributed by atoms with Crippen LogP contribution in [0.15, 0.2) is 36.7 Å². The number of hydrogen-bond donors (Lipinski definition) is 1. The molecule has 2 heterocycles. The Kier molecular flexibility index (Phi) is 6.23. The van der Waals surface area contributed by atoms with Crippen molar-refractivity contribution in [3.05, 3.63) is 42.2 Å². The predicted molar refractivity (Wildman–Crippen MR) is 107 cm³/mol. The van der Waals surface area contributed by atoms with Crippen molar-refractivity contribution in [2.24, 2.45) is 0 Å². The highest BCUT2D eigenvalue weighted by Gasteiger charge is 2.25. The van der Waals surface area contributed by atoms with E-state index in [1.807, 2.05) is 36.0 Å². The highest BCUT2D eigenvalue weighted by Crippen LogP contribution is 2.34. The van der Waals surface area contributed by atoms with E-state index in [1.54, 1.807) is 17.0 Å². The number of likely N-dealkylation sites (tertiary alicyclic amines) is 1. The third kappa shape index (κ3) is 4.30. The number of carbonyl (C=O) groups is 2. The summed E-state index contributed by atoms with van der Waals surface area (Å²) in [7, 11) is 3.05. The lowest BCUT2D eigenvalue weighted by Gasteiger charge is -2.20. The van der Waals surface area contributed by atoms with E-state index in [4.69, 9.17) is 9.47 Å². The van der Waals surface area contributed by atoms with E-state index in [0.717, 1.165) is 25.9 Å². The van der Waals surface area contributed by atoms with Gasteiger partial charge in [-0.25, -0.2) is 0 Å². The summed E-state index contributed by atoms with van der Waals surface area (Å²) in [6.07, 6.45) is 6.14. The van der Waals surface area contributed by atoms with Crippen molar-refractivity contribution in [2.45, 2.75) is 32.2 Å². The molecular weight excluding hydrogens is 358 g/mol. The number of nitrogens with one attached hydrogen (secondary N) is 1. The maximum atomic E-state index is 13.0. The lowest BCUT2D eigenvalue weighted by molar-refractivity contribution is -0.116. The van der Waals surface area contributed by atoms with Crippen LogP contribution in [0.4, 0.5) is 5.69 Å². The molecule has 1 atom stereocenters. The standard InChI is InChI=1S/C21H27N3O4/c1-15(23-8-4-5-9-23)12-20(25)22-17-14-19(28-3)18(27-2)13-16(17)21(26)24-10-6-7-11-24/h4-5,8-9,13-15H,6-7,10-12H2,1-3H3,(H,22,25). The second kappa shape index (κ2) is 8.82. The number of amides is 2. The molecule has 7 nitrogen and oxygen atoms in total. The third-order valence-electron chi connectivity index (χ3n) is 5.04. The number of rotatable bonds is 7. The van der Waals surface area contributed by atoms with Gasteiger partial charge >= 0.3 is 0 Å². The SMILES string of the molecule is COc1cc(NC(=O)CC(C)n2cccc2)c(C(=O)N2CCCC2)cc1OC. The van der Waals surface area contributed by atoms with E-state index in [2.05, 4.69) is 5.32 Å². The van der Waals surface area contributed by atoms with Gasteiger partial charge in [-0.3, -0.25) is 9.59 Å². The first kappa shape index (κ1) is 19.8. The van der Waals surface area contributed by atoms with Gasteiger partial charge in [0.25, 0.3) is 5.91 Å². The molecule has 1 aliphatic rings. The molecule has 0 spiro atoms. The van der Waals surface area contributed by atoms with E-state index in [9.17, 15) is 9.59 Å². The zero-order valence-corrected chi connectivity index (χ0v) is 16.6. The molecule has 0 radical (unpaired) electrons. The van der Waals surface area contributed by atoms with Crippen molar-refractivity contribution in [3.63, 3.8) is 0 Å². The van der Waals surface area contributed by atoms with Gasteiger partial charge in [0.15, 0.2) is 11.5 Å². The summed E-state index contributed by atoms with van der Waals surface area (Å²) in [5, 5.41) is 2.90. The number of ether oxygens (including phenoxy) is 2. The zero-order chi connectivity index (χ0) is 20.1. The zero-order valence-electron chi connectivity index (χ0n) is 16.6. The largest absolute Gasteiger partial charge is 0.493 e. The fraction of sp³-hybridized carbons (Fsp3) is 0.429. The number of methoxy groups -OCH3 is 2. The molecule has 2 aromatic rings. The summed E-state index contributed by atoms with van der Waals surface area (Å²) < 4.78 is 12.7. The van der Waals surface area contributed by atoms with Gasteiger partial charge in [0.2, 0.25) is 5.91 Å². The van der Waals surface area contributed by atoms with Crippen LogP contribution >= 0.6 is 0 Å². The minimum atomic E-state index is -0.163. The maximum absolute atomic E-state index is 13.0. The number of hydrogen-bond acceptors (Lipinski definition) is 4. The van der Waals surface area contributed by atoms with Crippen molar-refractivity contribution in [3.8, 4) is 11.5 Å². The van der Waals surface area contributed by atoms with Crippen molar-refractivity contribution in [1.29, 1.82) is 0 Å². The quantitative estimate of drug-likeness (QED) is 0.793. The Bertz CT molecular complexity index is 826. The van der Waals surface area contributed by atoms with E-state index in [0.29, 0.717) is 29.2 Å². The monoisotopic (exact) mass is 385 g/mol. The lowest BCUT2D eigenvalue weighted by Crippen LogP contribution is -2.29. The molecule has 0 aliphatic carbocycles. The van der Waals surface area contributed by atoms with Crippen LogP contribution in [0.3, 0.4) is 0 Å². The predicted octanol–water partition coefficient (Wildman–Crippen LogP) is 3.33. The minimum Gasteiger partial charge on any atom is -0.493 e. The molecule has 150 valence electrons. The number of benzene rings is 1. The summed E-state index contributed by atoms with van der Waals surface area (Å²) in [5.41, 5.74) is 0.862. The highest BCUT2D eigenvalue weighted by molar-refractivity contribution is 6.04. The van der Waals surface area contributed by atoms with Crippen LogP contribution in [0, 0.1) is 0 Å². The molecule has 1 aliphatic heterocycles. The number of aromatic nitrogens is 1. The number of anilines is 1. The van der Waals surface area contributed by atoms with Crippen molar-refractivity contribution in [2.75, 3.05) is 32.6 Å². The second-order valence-corrected chi connectivity index (χ2v) is 6.98. The minimum absolute atomic E-state index is 0.00729. The van der Waals surface area contributed by atoms with Crippen LogP contribution in [0.5, 0.6) is 11.5 Å². The van der Waals surface area contributed by atoms with Gasteiger partial charge in [0, 0.05) is 44.0 Å². The summed E-state index contributed by atoms with van der Waals surface area (Å²) in [4.78, 5) is 27.5. The number of nitrogens with zero attached hydrogens (tertiary/aromatic N) is 2. The number of carbonyl (C=O) groups excluding carboxylic acids is 2.